The maximum absolute atomic E-state index is 12.4. The van der Waals surface area contributed by atoms with Gasteiger partial charge in [0, 0.05) is 6.54 Å². The highest BCUT2D eigenvalue weighted by atomic mass is 19.4. The standard InChI is InChI=1S/C12H17F3N2O/c1-3-11(18,4-2)8-16-10-7-5-6-9(17-10)12(13,14)15/h5-7,18H,3-4,8H2,1-2H3,(H,16,17). The van der Waals surface area contributed by atoms with Crippen molar-refractivity contribution in [2.24, 2.45) is 0 Å². The molecule has 0 radical (unpaired) electrons. The van der Waals surface area contributed by atoms with Crippen LogP contribution >= 0.6 is 0 Å². The molecule has 0 aliphatic carbocycles. The number of rotatable bonds is 5. The fraction of sp³-hybridized carbons (Fsp3) is 0.583. The SMILES string of the molecule is CCC(O)(CC)CNc1cccc(C(F)(F)F)n1. The topological polar surface area (TPSA) is 45.1 Å². The minimum absolute atomic E-state index is 0.116. The van der Waals surface area contributed by atoms with Crippen LogP contribution < -0.4 is 5.32 Å². The third-order valence-electron chi connectivity index (χ3n) is 2.95. The Morgan fingerprint density at radius 3 is 2.33 bits per heavy atom. The van der Waals surface area contributed by atoms with Crippen molar-refractivity contribution in [1.29, 1.82) is 0 Å². The number of anilines is 1. The fourth-order valence-electron chi connectivity index (χ4n) is 1.45. The van der Waals surface area contributed by atoms with Crippen molar-refractivity contribution >= 4 is 5.82 Å². The number of nitrogens with zero attached hydrogens (tertiary/aromatic N) is 1. The van der Waals surface area contributed by atoms with Gasteiger partial charge in [0.2, 0.25) is 0 Å². The van der Waals surface area contributed by atoms with Crippen molar-refractivity contribution in [2.75, 3.05) is 11.9 Å². The first-order valence-electron chi connectivity index (χ1n) is 5.81. The van der Waals surface area contributed by atoms with Gasteiger partial charge in [-0.2, -0.15) is 13.2 Å². The molecule has 0 fully saturated rings. The molecule has 6 heteroatoms. The molecule has 2 N–H and O–H groups in total. The number of nitrogens with one attached hydrogen (secondary N) is 1. The van der Waals surface area contributed by atoms with Crippen LogP contribution in [0.4, 0.5) is 19.0 Å². The Morgan fingerprint density at radius 1 is 1.22 bits per heavy atom. The molecule has 1 heterocycles. The van der Waals surface area contributed by atoms with Crippen LogP contribution in [0.25, 0.3) is 0 Å². The number of hydrogen-bond acceptors (Lipinski definition) is 3. The van der Waals surface area contributed by atoms with Gasteiger partial charge in [-0.15, -0.1) is 0 Å². The van der Waals surface area contributed by atoms with E-state index in [0.717, 1.165) is 6.07 Å². The Morgan fingerprint density at radius 2 is 1.83 bits per heavy atom. The van der Waals surface area contributed by atoms with Crippen molar-refractivity contribution in [2.45, 2.75) is 38.5 Å². The van der Waals surface area contributed by atoms with Gasteiger partial charge in [0.1, 0.15) is 11.5 Å². The van der Waals surface area contributed by atoms with E-state index in [1.165, 1.54) is 12.1 Å². The fourth-order valence-corrected chi connectivity index (χ4v) is 1.45. The molecule has 0 aliphatic rings. The van der Waals surface area contributed by atoms with Crippen LogP contribution in [0.2, 0.25) is 0 Å². The highest BCUT2D eigenvalue weighted by molar-refractivity contribution is 5.36. The minimum Gasteiger partial charge on any atom is -0.388 e. The summed E-state index contributed by atoms with van der Waals surface area (Å²) in [7, 11) is 0. The Kier molecular flexibility index (Phi) is 4.56. The molecule has 0 aromatic carbocycles. The lowest BCUT2D eigenvalue weighted by Crippen LogP contribution is -2.35. The van der Waals surface area contributed by atoms with Gasteiger partial charge in [0.15, 0.2) is 0 Å². The van der Waals surface area contributed by atoms with E-state index in [-0.39, 0.29) is 12.4 Å². The number of halogens is 3. The smallest absolute Gasteiger partial charge is 0.388 e. The zero-order valence-electron chi connectivity index (χ0n) is 10.4. The Hall–Kier alpha value is -1.30. The largest absolute Gasteiger partial charge is 0.433 e. The van der Waals surface area contributed by atoms with Gasteiger partial charge in [0.25, 0.3) is 0 Å². The summed E-state index contributed by atoms with van der Waals surface area (Å²) in [6.45, 7) is 3.82. The second-order valence-corrected chi connectivity index (χ2v) is 4.19. The summed E-state index contributed by atoms with van der Waals surface area (Å²) in [5, 5.41) is 12.7. The molecule has 102 valence electrons. The minimum atomic E-state index is -4.45. The van der Waals surface area contributed by atoms with Crippen LogP contribution in [0.1, 0.15) is 32.4 Å². The summed E-state index contributed by atoms with van der Waals surface area (Å²) in [6, 6.07) is 3.65. The van der Waals surface area contributed by atoms with Crippen LogP contribution in [0, 0.1) is 0 Å². The molecule has 0 atom stereocenters. The van der Waals surface area contributed by atoms with Gasteiger partial charge in [-0.1, -0.05) is 19.9 Å². The molecule has 0 aliphatic heterocycles. The summed E-state index contributed by atoms with van der Waals surface area (Å²) in [5.74, 6) is 0.116. The molecular formula is C12H17F3N2O. The Labute approximate surface area is 104 Å². The third-order valence-corrected chi connectivity index (χ3v) is 2.95. The van der Waals surface area contributed by atoms with Crippen LogP contribution in [0.15, 0.2) is 18.2 Å². The second-order valence-electron chi connectivity index (χ2n) is 4.19. The van der Waals surface area contributed by atoms with Crippen molar-refractivity contribution in [3.63, 3.8) is 0 Å². The van der Waals surface area contributed by atoms with E-state index in [0.29, 0.717) is 12.8 Å². The van der Waals surface area contributed by atoms with E-state index in [2.05, 4.69) is 10.3 Å². The van der Waals surface area contributed by atoms with E-state index in [9.17, 15) is 18.3 Å². The molecule has 0 unspecified atom stereocenters. The van der Waals surface area contributed by atoms with E-state index in [1.807, 2.05) is 13.8 Å². The molecule has 0 spiro atoms. The van der Waals surface area contributed by atoms with Crippen LogP contribution in [-0.2, 0) is 6.18 Å². The molecule has 1 rings (SSSR count). The van der Waals surface area contributed by atoms with Crippen molar-refractivity contribution in [3.8, 4) is 0 Å². The van der Waals surface area contributed by atoms with Gasteiger partial charge in [-0.25, -0.2) is 4.98 Å². The van der Waals surface area contributed by atoms with Gasteiger partial charge < -0.3 is 10.4 Å². The van der Waals surface area contributed by atoms with E-state index in [1.54, 1.807) is 0 Å². The normalized spacial score (nSPS) is 12.6. The number of alkyl halides is 3. The highest BCUT2D eigenvalue weighted by Crippen LogP contribution is 2.28. The molecule has 3 nitrogen and oxygen atoms in total. The summed E-state index contributed by atoms with van der Waals surface area (Å²) >= 11 is 0. The van der Waals surface area contributed by atoms with Crippen molar-refractivity contribution in [3.05, 3.63) is 23.9 Å². The second kappa shape index (κ2) is 5.56. The lowest BCUT2D eigenvalue weighted by molar-refractivity contribution is -0.141. The summed E-state index contributed by atoms with van der Waals surface area (Å²) in [6.07, 6.45) is -3.41. The van der Waals surface area contributed by atoms with Crippen molar-refractivity contribution < 1.29 is 18.3 Å². The molecule has 0 bridgehead atoms. The average molecular weight is 262 g/mol. The molecule has 1 aromatic heterocycles. The predicted octanol–water partition coefficient (Wildman–Crippen LogP) is 3.06. The van der Waals surface area contributed by atoms with Gasteiger partial charge in [-0.3, -0.25) is 0 Å². The van der Waals surface area contributed by atoms with Crippen LogP contribution in [0.5, 0.6) is 0 Å². The first-order valence-corrected chi connectivity index (χ1v) is 5.81. The average Bonchev–Trinajstić information content (AvgIpc) is 2.35. The molecule has 0 saturated carbocycles. The zero-order valence-corrected chi connectivity index (χ0v) is 10.4. The summed E-state index contributed by atoms with van der Waals surface area (Å²) < 4.78 is 37.3. The van der Waals surface area contributed by atoms with E-state index >= 15 is 0 Å². The molecular weight excluding hydrogens is 245 g/mol. The lowest BCUT2D eigenvalue weighted by atomic mass is 9.98. The maximum Gasteiger partial charge on any atom is 0.433 e. The van der Waals surface area contributed by atoms with Gasteiger partial charge in [0.05, 0.1) is 5.60 Å². The first-order chi connectivity index (χ1) is 8.30. The maximum atomic E-state index is 12.4. The Bertz CT molecular complexity index is 389. The van der Waals surface area contributed by atoms with Crippen LogP contribution in [0.3, 0.4) is 0 Å². The molecule has 0 saturated heterocycles. The van der Waals surface area contributed by atoms with E-state index in [4.69, 9.17) is 0 Å². The highest BCUT2D eigenvalue weighted by Gasteiger charge is 2.32. The Balaban J connectivity index is 2.75. The van der Waals surface area contributed by atoms with Gasteiger partial charge >= 0.3 is 6.18 Å². The summed E-state index contributed by atoms with van der Waals surface area (Å²) in [4.78, 5) is 3.47. The van der Waals surface area contributed by atoms with Crippen molar-refractivity contribution in [1.82, 2.24) is 4.98 Å². The molecule has 18 heavy (non-hydrogen) atoms. The summed E-state index contributed by atoms with van der Waals surface area (Å²) in [5.41, 5.74) is -1.86. The number of pyridine rings is 1. The number of hydrogen-bond donors (Lipinski definition) is 2. The van der Waals surface area contributed by atoms with E-state index < -0.39 is 17.5 Å². The lowest BCUT2D eigenvalue weighted by Gasteiger charge is -2.25. The monoisotopic (exact) mass is 262 g/mol. The third kappa shape index (κ3) is 3.87. The zero-order chi connectivity index (χ0) is 13.8. The molecule has 0 amide bonds. The quantitative estimate of drug-likeness (QED) is 0.857. The molecule has 1 aromatic rings. The first kappa shape index (κ1) is 14.8. The predicted molar refractivity (Wildman–Crippen MR) is 63.3 cm³/mol. The number of aliphatic hydroxyl groups is 1. The van der Waals surface area contributed by atoms with Gasteiger partial charge in [-0.05, 0) is 25.0 Å². The van der Waals surface area contributed by atoms with Crippen LogP contribution in [-0.4, -0.2) is 22.2 Å². The number of aromatic nitrogens is 1.